The Morgan fingerprint density at radius 2 is 2.25 bits per heavy atom. The van der Waals surface area contributed by atoms with E-state index in [2.05, 4.69) is 4.99 Å². The van der Waals surface area contributed by atoms with Crippen molar-refractivity contribution in [3.8, 4) is 5.75 Å². The molecule has 1 aromatic rings. The minimum atomic E-state index is -0.436. The van der Waals surface area contributed by atoms with Crippen LogP contribution in [0.25, 0.3) is 0 Å². The van der Waals surface area contributed by atoms with E-state index in [0.29, 0.717) is 18.1 Å². The van der Waals surface area contributed by atoms with Gasteiger partial charge in [-0.3, -0.25) is 4.79 Å². The first-order valence-electron chi connectivity index (χ1n) is 6.49. The number of dihydropyridines is 1. The van der Waals surface area contributed by atoms with Crippen LogP contribution in [0.5, 0.6) is 5.75 Å². The fourth-order valence-electron chi connectivity index (χ4n) is 2.56. The number of fused-ring (bicyclic) bond motifs is 1. The van der Waals surface area contributed by atoms with Gasteiger partial charge in [0.2, 0.25) is 5.91 Å². The van der Waals surface area contributed by atoms with Gasteiger partial charge in [0.25, 0.3) is 0 Å². The summed E-state index contributed by atoms with van der Waals surface area (Å²) >= 11 is 5.13. The van der Waals surface area contributed by atoms with Crippen LogP contribution in [0.15, 0.2) is 35.3 Å². The van der Waals surface area contributed by atoms with Gasteiger partial charge in [0, 0.05) is 19.3 Å². The molecule has 0 fully saturated rings. The fourth-order valence-corrected chi connectivity index (χ4v) is 2.80. The minimum absolute atomic E-state index is 0.0166. The van der Waals surface area contributed by atoms with E-state index >= 15 is 0 Å². The van der Waals surface area contributed by atoms with Crippen LogP contribution in [0.2, 0.25) is 0 Å². The van der Waals surface area contributed by atoms with Crippen LogP contribution in [0, 0.1) is 5.92 Å². The number of phenolic OH excluding ortho intramolecular Hbond substituents is 1. The maximum absolute atomic E-state index is 12.5. The predicted molar refractivity (Wildman–Crippen MR) is 80.9 cm³/mol. The van der Waals surface area contributed by atoms with Crippen LogP contribution in [-0.2, 0) is 17.8 Å². The van der Waals surface area contributed by atoms with Crippen molar-refractivity contribution in [2.45, 2.75) is 13.0 Å². The second-order valence-electron chi connectivity index (χ2n) is 4.94. The summed E-state index contributed by atoms with van der Waals surface area (Å²) in [6.45, 7) is 1.19. The zero-order valence-electron chi connectivity index (χ0n) is 10.8. The van der Waals surface area contributed by atoms with Gasteiger partial charge in [-0.15, -0.1) is 0 Å². The lowest BCUT2D eigenvalue weighted by Gasteiger charge is -2.31. The van der Waals surface area contributed by atoms with Gasteiger partial charge in [-0.25, -0.2) is 4.99 Å². The normalized spacial score (nSPS) is 20.9. The van der Waals surface area contributed by atoms with Crippen LogP contribution >= 0.6 is 12.2 Å². The lowest BCUT2D eigenvalue weighted by atomic mass is 9.97. The van der Waals surface area contributed by atoms with Crippen molar-refractivity contribution in [3.63, 3.8) is 0 Å². The van der Waals surface area contributed by atoms with Crippen LogP contribution < -0.4 is 0 Å². The molecule has 0 saturated heterocycles. The molecule has 1 aromatic carbocycles. The van der Waals surface area contributed by atoms with Crippen molar-refractivity contribution in [1.29, 1.82) is 0 Å². The summed E-state index contributed by atoms with van der Waals surface area (Å²) in [5.41, 5.74) is 2.19. The molecule has 0 radical (unpaired) electrons. The number of aliphatic imine (C=N–C) groups is 1. The van der Waals surface area contributed by atoms with Crippen LogP contribution in [0.3, 0.4) is 0 Å². The molecular formula is C15H14N2O2S. The molecule has 5 heteroatoms. The standard InChI is InChI=1S/C15H14N2O2S/c18-12-4-3-10-5-7-17(9-11(10)8-12)15(19)13-2-1-6-16-14(13)20/h1-4,6,8,13,18H,5,7,9H2. The lowest BCUT2D eigenvalue weighted by Crippen LogP contribution is -2.41. The highest BCUT2D eigenvalue weighted by molar-refractivity contribution is 7.80. The summed E-state index contributed by atoms with van der Waals surface area (Å²) in [5, 5.41) is 9.55. The number of hydrogen-bond donors (Lipinski definition) is 1. The molecule has 20 heavy (non-hydrogen) atoms. The molecule has 3 rings (SSSR count). The molecule has 102 valence electrons. The maximum Gasteiger partial charge on any atom is 0.236 e. The van der Waals surface area contributed by atoms with E-state index in [1.165, 1.54) is 5.56 Å². The van der Waals surface area contributed by atoms with E-state index in [0.717, 1.165) is 12.0 Å². The maximum atomic E-state index is 12.5. The molecule has 0 aliphatic carbocycles. The molecule has 1 unspecified atom stereocenters. The number of benzene rings is 1. The first-order valence-corrected chi connectivity index (χ1v) is 6.90. The number of rotatable bonds is 1. The molecule has 0 aromatic heterocycles. The number of nitrogens with zero attached hydrogens (tertiary/aromatic N) is 2. The molecule has 2 heterocycles. The SMILES string of the molecule is O=C(C1C=CC=NC1=S)N1CCc2ccc(O)cc2C1. The van der Waals surface area contributed by atoms with Crippen molar-refractivity contribution >= 4 is 29.3 Å². The van der Waals surface area contributed by atoms with Gasteiger partial charge in [0.05, 0.1) is 0 Å². The Hall–Kier alpha value is -2.01. The van der Waals surface area contributed by atoms with Crippen LogP contribution in [0.4, 0.5) is 0 Å². The fraction of sp³-hybridized carbons (Fsp3) is 0.267. The largest absolute Gasteiger partial charge is 0.508 e. The van der Waals surface area contributed by atoms with E-state index in [9.17, 15) is 9.90 Å². The van der Waals surface area contributed by atoms with Gasteiger partial charge in [0.1, 0.15) is 16.7 Å². The zero-order valence-corrected chi connectivity index (χ0v) is 11.6. The zero-order chi connectivity index (χ0) is 14.1. The monoisotopic (exact) mass is 286 g/mol. The van der Waals surface area contributed by atoms with Crippen LogP contribution in [-0.4, -0.2) is 33.7 Å². The quantitative estimate of drug-likeness (QED) is 0.802. The van der Waals surface area contributed by atoms with Crippen molar-refractivity contribution in [2.24, 2.45) is 10.9 Å². The van der Waals surface area contributed by atoms with Gasteiger partial charge in [-0.2, -0.15) is 0 Å². The molecule has 0 bridgehead atoms. The van der Waals surface area contributed by atoms with Crippen LogP contribution in [0.1, 0.15) is 11.1 Å². The molecule has 0 saturated carbocycles. The van der Waals surface area contributed by atoms with Gasteiger partial charge >= 0.3 is 0 Å². The van der Waals surface area contributed by atoms with E-state index < -0.39 is 5.92 Å². The molecule has 4 nitrogen and oxygen atoms in total. The minimum Gasteiger partial charge on any atom is -0.508 e. The van der Waals surface area contributed by atoms with Gasteiger partial charge < -0.3 is 10.0 Å². The van der Waals surface area contributed by atoms with Crippen molar-refractivity contribution in [1.82, 2.24) is 4.90 Å². The molecular weight excluding hydrogens is 272 g/mol. The van der Waals surface area contributed by atoms with E-state index in [1.54, 1.807) is 35.4 Å². The molecule has 1 amide bonds. The molecule has 2 aliphatic rings. The molecule has 1 atom stereocenters. The Morgan fingerprint density at radius 3 is 3.05 bits per heavy atom. The Bertz CT molecular complexity index is 637. The topological polar surface area (TPSA) is 52.9 Å². The third-order valence-corrected chi connectivity index (χ3v) is 4.00. The van der Waals surface area contributed by atoms with Crippen molar-refractivity contribution < 1.29 is 9.90 Å². The summed E-state index contributed by atoms with van der Waals surface area (Å²) in [6.07, 6.45) is 5.95. The number of hydrogen-bond acceptors (Lipinski definition) is 3. The van der Waals surface area contributed by atoms with E-state index in [1.807, 2.05) is 6.07 Å². The third kappa shape index (κ3) is 2.36. The van der Waals surface area contributed by atoms with Crippen molar-refractivity contribution in [2.75, 3.05) is 6.54 Å². The summed E-state index contributed by atoms with van der Waals surface area (Å²) in [4.78, 5) is 18.7. The number of carbonyl (C=O) groups excluding carboxylic acids is 1. The second-order valence-corrected chi connectivity index (χ2v) is 5.36. The van der Waals surface area contributed by atoms with Gasteiger partial charge in [0.15, 0.2) is 0 Å². The number of carbonyl (C=O) groups is 1. The number of thiocarbonyl (C=S) groups is 1. The highest BCUT2D eigenvalue weighted by Crippen LogP contribution is 2.25. The van der Waals surface area contributed by atoms with Gasteiger partial charge in [-0.05, 0) is 35.8 Å². The number of aromatic hydroxyl groups is 1. The third-order valence-electron chi connectivity index (χ3n) is 3.64. The van der Waals surface area contributed by atoms with Gasteiger partial charge in [-0.1, -0.05) is 24.4 Å². The summed E-state index contributed by atoms with van der Waals surface area (Å²) in [6, 6.07) is 5.33. The molecule has 0 spiro atoms. The lowest BCUT2D eigenvalue weighted by molar-refractivity contribution is -0.133. The average Bonchev–Trinajstić information content (AvgIpc) is 2.46. The summed E-state index contributed by atoms with van der Waals surface area (Å²) in [7, 11) is 0. The smallest absolute Gasteiger partial charge is 0.236 e. The van der Waals surface area contributed by atoms with E-state index in [4.69, 9.17) is 12.2 Å². The van der Waals surface area contributed by atoms with E-state index in [-0.39, 0.29) is 11.7 Å². The number of amides is 1. The number of phenols is 1. The number of allylic oxidation sites excluding steroid dienone is 1. The summed E-state index contributed by atoms with van der Waals surface area (Å²) in [5.74, 6) is -0.221. The Balaban J connectivity index is 1.80. The molecule has 1 N–H and O–H groups in total. The highest BCUT2D eigenvalue weighted by Gasteiger charge is 2.29. The highest BCUT2D eigenvalue weighted by atomic mass is 32.1. The predicted octanol–water partition coefficient (Wildman–Crippen LogP) is 1.86. The second kappa shape index (κ2) is 5.17. The van der Waals surface area contributed by atoms with Crippen molar-refractivity contribution in [3.05, 3.63) is 41.5 Å². The summed E-state index contributed by atoms with van der Waals surface area (Å²) < 4.78 is 0. The first-order chi connectivity index (χ1) is 9.65. The average molecular weight is 286 g/mol. The Labute approximate surface area is 122 Å². The Morgan fingerprint density at radius 1 is 1.40 bits per heavy atom. The molecule has 2 aliphatic heterocycles. The Kier molecular flexibility index (Phi) is 3.36. The first kappa shape index (κ1) is 13.0.